The second kappa shape index (κ2) is 13.7. The highest BCUT2D eigenvalue weighted by molar-refractivity contribution is 6.04. The topological polar surface area (TPSA) is 89.2 Å². The molecule has 3 N–H and O–H groups in total. The van der Waals surface area contributed by atoms with E-state index in [9.17, 15) is 14.0 Å². The van der Waals surface area contributed by atoms with Crippen molar-refractivity contribution >= 4 is 34.7 Å². The number of urea groups is 1. The van der Waals surface area contributed by atoms with E-state index in [1.54, 1.807) is 25.3 Å². The molecule has 212 valence electrons. The Balaban J connectivity index is 1.49. The molecule has 3 aromatic carbocycles. The summed E-state index contributed by atoms with van der Waals surface area (Å²) < 4.78 is 19.0. The van der Waals surface area contributed by atoms with Crippen molar-refractivity contribution in [2.45, 2.75) is 6.42 Å². The molecule has 0 atom stereocenters. The molecule has 0 spiro atoms. The second-order valence-corrected chi connectivity index (χ2v) is 9.88. The predicted molar refractivity (Wildman–Crippen MR) is 158 cm³/mol. The molecule has 0 unspecified atom stereocenters. The molecule has 3 aromatic rings. The number of rotatable bonds is 10. The summed E-state index contributed by atoms with van der Waals surface area (Å²) in [5.41, 5.74) is 3.14. The minimum Gasteiger partial charge on any atom is -0.495 e. The van der Waals surface area contributed by atoms with Gasteiger partial charge in [0.1, 0.15) is 11.6 Å². The van der Waals surface area contributed by atoms with E-state index in [0.717, 1.165) is 43.2 Å². The first-order valence-electron chi connectivity index (χ1n) is 13.4. The summed E-state index contributed by atoms with van der Waals surface area (Å²) in [4.78, 5) is 32.5. The Morgan fingerprint density at radius 3 is 2.23 bits per heavy atom. The summed E-state index contributed by atoms with van der Waals surface area (Å²) in [6.45, 7) is 4.35. The van der Waals surface area contributed by atoms with Gasteiger partial charge in [-0.1, -0.05) is 18.2 Å². The van der Waals surface area contributed by atoms with Gasteiger partial charge < -0.3 is 35.4 Å². The van der Waals surface area contributed by atoms with E-state index in [0.29, 0.717) is 36.6 Å². The van der Waals surface area contributed by atoms with Crippen LogP contribution >= 0.6 is 0 Å². The van der Waals surface area contributed by atoms with Crippen LogP contribution in [0.5, 0.6) is 5.75 Å². The van der Waals surface area contributed by atoms with Crippen LogP contribution in [0.3, 0.4) is 0 Å². The van der Waals surface area contributed by atoms with Gasteiger partial charge in [-0.25, -0.2) is 9.18 Å². The molecule has 4 rings (SSSR count). The zero-order chi connectivity index (χ0) is 28.5. The van der Waals surface area contributed by atoms with Crippen LogP contribution in [0.25, 0.3) is 0 Å². The number of carbonyl (C=O) groups is 2. The third-order valence-electron chi connectivity index (χ3n) is 6.70. The van der Waals surface area contributed by atoms with Crippen LogP contribution in [0.15, 0.2) is 66.7 Å². The highest BCUT2D eigenvalue weighted by atomic mass is 19.1. The summed E-state index contributed by atoms with van der Waals surface area (Å²) in [7, 11) is 5.66. The molecular weight excluding hydrogens is 511 g/mol. The maximum Gasteiger partial charge on any atom is 0.323 e. The van der Waals surface area contributed by atoms with Crippen LogP contribution in [0.2, 0.25) is 0 Å². The van der Waals surface area contributed by atoms with Crippen LogP contribution in [-0.4, -0.2) is 77.3 Å². The average Bonchev–Trinajstić information content (AvgIpc) is 2.95. The first-order chi connectivity index (χ1) is 19.3. The lowest BCUT2D eigenvalue weighted by Crippen LogP contribution is -2.47. The van der Waals surface area contributed by atoms with E-state index >= 15 is 0 Å². The molecule has 0 aromatic heterocycles. The predicted octanol–water partition coefficient (Wildman–Crippen LogP) is 4.49. The first kappa shape index (κ1) is 28.7. The largest absolute Gasteiger partial charge is 0.495 e. The number of anilines is 4. The molecular formula is C30H37FN6O3. The Kier molecular flexibility index (Phi) is 9.80. The summed E-state index contributed by atoms with van der Waals surface area (Å²) >= 11 is 0. The van der Waals surface area contributed by atoms with Crippen molar-refractivity contribution < 1.29 is 18.7 Å². The van der Waals surface area contributed by atoms with Crippen molar-refractivity contribution in [2.24, 2.45) is 0 Å². The molecule has 1 fully saturated rings. The molecule has 0 radical (unpaired) electrons. The Labute approximate surface area is 234 Å². The quantitative estimate of drug-likeness (QED) is 0.324. The van der Waals surface area contributed by atoms with Gasteiger partial charge in [-0.15, -0.1) is 0 Å². The van der Waals surface area contributed by atoms with Crippen LogP contribution in [0, 0.1) is 5.82 Å². The molecule has 9 nitrogen and oxygen atoms in total. The molecule has 0 bridgehead atoms. The molecule has 0 saturated carbocycles. The summed E-state index contributed by atoms with van der Waals surface area (Å²) in [6, 6.07) is 18.4. The SMILES string of the molecule is COc1ccccc1N1CCN(c2ccc(NC(=O)Nc3cccc(F)c3)cc2C(=O)NCCCN(C)C)CC1. The summed E-state index contributed by atoms with van der Waals surface area (Å²) in [5.74, 6) is 0.192. The van der Waals surface area contributed by atoms with Gasteiger partial charge in [-0.3, -0.25) is 4.79 Å². The number of halogens is 1. The van der Waals surface area contributed by atoms with Crippen molar-refractivity contribution in [1.29, 1.82) is 0 Å². The fourth-order valence-corrected chi connectivity index (χ4v) is 4.70. The number of ether oxygens (including phenoxy) is 1. The number of piperazine rings is 1. The first-order valence-corrected chi connectivity index (χ1v) is 13.4. The van der Waals surface area contributed by atoms with Gasteiger partial charge in [0.05, 0.1) is 18.4 Å². The number of benzene rings is 3. The maximum absolute atomic E-state index is 13.5. The lowest BCUT2D eigenvalue weighted by Gasteiger charge is -2.38. The van der Waals surface area contributed by atoms with E-state index in [2.05, 4.69) is 36.7 Å². The van der Waals surface area contributed by atoms with Gasteiger partial charge in [0.2, 0.25) is 0 Å². The van der Waals surface area contributed by atoms with Gasteiger partial charge in [-0.05, 0) is 75.6 Å². The van der Waals surface area contributed by atoms with Crippen LogP contribution in [0.4, 0.5) is 31.9 Å². The minimum absolute atomic E-state index is 0.199. The van der Waals surface area contributed by atoms with Gasteiger partial charge in [0.15, 0.2) is 0 Å². The Morgan fingerprint density at radius 1 is 0.875 bits per heavy atom. The van der Waals surface area contributed by atoms with Crippen molar-refractivity contribution in [3.8, 4) is 5.75 Å². The minimum atomic E-state index is -0.527. The van der Waals surface area contributed by atoms with Gasteiger partial charge in [0, 0.05) is 49.8 Å². The molecule has 1 saturated heterocycles. The summed E-state index contributed by atoms with van der Waals surface area (Å²) in [5, 5.41) is 8.40. The van der Waals surface area contributed by atoms with E-state index in [1.807, 2.05) is 38.4 Å². The monoisotopic (exact) mass is 548 g/mol. The van der Waals surface area contributed by atoms with Gasteiger partial charge in [-0.2, -0.15) is 0 Å². The molecule has 40 heavy (non-hydrogen) atoms. The Morgan fingerprint density at radius 2 is 1.55 bits per heavy atom. The molecule has 1 aliphatic rings. The van der Waals surface area contributed by atoms with Crippen LogP contribution in [-0.2, 0) is 0 Å². The highest BCUT2D eigenvalue weighted by Crippen LogP contribution is 2.31. The second-order valence-electron chi connectivity index (χ2n) is 9.88. The smallest absolute Gasteiger partial charge is 0.323 e. The standard InChI is InChI=1S/C30H37FN6O3/c1-35(2)15-7-14-32-29(38)25-21-24(34-30(39)33-23-9-6-8-22(31)20-23)12-13-26(25)36-16-18-37(19-17-36)27-10-4-5-11-28(27)40-3/h4-6,8-13,20-21H,7,14-19H2,1-3H3,(H,32,38)(H2,33,34,39). The fraction of sp³-hybridized carbons (Fsp3) is 0.333. The fourth-order valence-electron chi connectivity index (χ4n) is 4.70. The zero-order valence-electron chi connectivity index (χ0n) is 23.2. The third-order valence-corrected chi connectivity index (χ3v) is 6.70. The number of hydrogen-bond donors (Lipinski definition) is 3. The lowest BCUT2D eigenvalue weighted by molar-refractivity contribution is 0.0952. The normalized spacial score (nSPS) is 13.2. The van der Waals surface area contributed by atoms with Crippen molar-refractivity contribution in [3.05, 3.63) is 78.1 Å². The average molecular weight is 549 g/mol. The number of carbonyl (C=O) groups excluding carboxylic acids is 2. The summed E-state index contributed by atoms with van der Waals surface area (Å²) in [6.07, 6.45) is 0.819. The van der Waals surface area contributed by atoms with E-state index in [4.69, 9.17) is 4.74 Å². The molecule has 1 heterocycles. The van der Waals surface area contributed by atoms with E-state index < -0.39 is 11.8 Å². The van der Waals surface area contributed by atoms with Crippen molar-refractivity contribution in [1.82, 2.24) is 10.2 Å². The Hall–Kier alpha value is -4.31. The van der Waals surface area contributed by atoms with E-state index in [-0.39, 0.29) is 5.91 Å². The van der Waals surface area contributed by atoms with Gasteiger partial charge in [0.25, 0.3) is 5.91 Å². The van der Waals surface area contributed by atoms with Crippen molar-refractivity contribution in [3.63, 3.8) is 0 Å². The maximum atomic E-state index is 13.5. The number of nitrogens with zero attached hydrogens (tertiary/aromatic N) is 3. The molecule has 1 aliphatic heterocycles. The number of hydrogen-bond acceptors (Lipinski definition) is 6. The molecule has 10 heteroatoms. The van der Waals surface area contributed by atoms with Crippen molar-refractivity contribution in [2.75, 3.05) is 80.9 Å². The zero-order valence-corrected chi connectivity index (χ0v) is 23.2. The number of para-hydroxylation sites is 2. The number of nitrogens with one attached hydrogen (secondary N) is 3. The number of methoxy groups -OCH3 is 1. The van der Waals surface area contributed by atoms with Crippen LogP contribution in [0.1, 0.15) is 16.8 Å². The number of amides is 3. The Bertz CT molecular complexity index is 1310. The van der Waals surface area contributed by atoms with Gasteiger partial charge >= 0.3 is 6.03 Å². The molecule has 3 amide bonds. The highest BCUT2D eigenvalue weighted by Gasteiger charge is 2.24. The van der Waals surface area contributed by atoms with Crippen LogP contribution < -0.4 is 30.5 Å². The lowest BCUT2D eigenvalue weighted by atomic mass is 10.1. The van der Waals surface area contributed by atoms with E-state index in [1.165, 1.54) is 18.2 Å². The molecule has 0 aliphatic carbocycles. The third kappa shape index (κ3) is 7.63.